The standard InChI is InChI=1S/C46H27N3S/c1-2-10-33-28(9-1)17-18-29-25-30(19-22-34(29)33)47(32-20-23-36-35-11-4-8-16-43(35)50-44(36)27-32)31-21-24-38-42(26-31)49-41-15-7-6-14-40(41)48-39-13-5-3-12-37(39)45(38)46(48)49/h1-27H. The number of fused-ring (bicyclic) bond motifs is 15. The molecule has 0 aliphatic rings. The van der Waals surface area contributed by atoms with Crippen molar-refractivity contribution in [2.75, 3.05) is 4.90 Å². The van der Waals surface area contributed by atoms with Gasteiger partial charge >= 0.3 is 0 Å². The van der Waals surface area contributed by atoms with E-state index in [2.05, 4.69) is 177 Å². The lowest BCUT2D eigenvalue weighted by atomic mass is 10.0. The molecule has 0 fully saturated rings. The van der Waals surface area contributed by atoms with E-state index in [1.54, 1.807) is 0 Å². The monoisotopic (exact) mass is 653 g/mol. The zero-order chi connectivity index (χ0) is 32.5. The molecule has 0 aliphatic carbocycles. The summed E-state index contributed by atoms with van der Waals surface area (Å²) in [5.74, 6) is 0. The van der Waals surface area contributed by atoms with Crippen LogP contribution in [0.3, 0.4) is 0 Å². The van der Waals surface area contributed by atoms with Gasteiger partial charge in [0.1, 0.15) is 5.65 Å². The Hall–Kier alpha value is -6.36. The molecular formula is C46H27N3S. The van der Waals surface area contributed by atoms with Crippen molar-refractivity contribution in [3.05, 3.63) is 164 Å². The third-order valence-corrected chi connectivity index (χ3v) is 11.9. The first kappa shape index (κ1) is 26.6. The lowest BCUT2D eigenvalue weighted by molar-refractivity contribution is 1.27. The molecule has 0 atom stereocenters. The van der Waals surface area contributed by atoms with Crippen LogP contribution in [0.1, 0.15) is 0 Å². The number of para-hydroxylation sites is 3. The summed E-state index contributed by atoms with van der Waals surface area (Å²) in [4.78, 5) is 2.44. The van der Waals surface area contributed by atoms with E-state index in [0.717, 1.165) is 17.1 Å². The fraction of sp³-hybridized carbons (Fsp3) is 0. The molecule has 12 aromatic rings. The second kappa shape index (κ2) is 9.63. The molecule has 0 saturated heterocycles. The molecule has 0 radical (unpaired) electrons. The van der Waals surface area contributed by atoms with Crippen LogP contribution in [0.5, 0.6) is 0 Å². The topological polar surface area (TPSA) is 12.1 Å². The van der Waals surface area contributed by atoms with E-state index in [-0.39, 0.29) is 0 Å². The third kappa shape index (κ3) is 3.43. The summed E-state index contributed by atoms with van der Waals surface area (Å²) >= 11 is 1.87. The van der Waals surface area contributed by atoms with Gasteiger partial charge in [-0.15, -0.1) is 11.3 Å². The highest BCUT2D eigenvalue weighted by Gasteiger charge is 2.24. The molecule has 4 aromatic heterocycles. The Morgan fingerprint density at radius 1 is 0.360 bits per heavy atom. The molecule has 4 heterocycles. The molecular weight excluding hydrogens is 627 g/mol. The van der Waals surface area contributed by atoms with Crippen molar-refractivity contribution in [2.24, 2.45) is 0 Å². The van der Waals surface area contributed by atoms with Gasteiger partial charge in [-0.05, 0) is 82.2 Å². The summed E-state index contributed by atoms with van der Waals surface area (Å²) in [6.45, 7) is 0. The van der Waals surface area contributed by atoms with Gasteiger partial charge in [-0.2, -0.15) is 0 Å². The van der Waals surface area contributed by atoms with Crippen LogP contribution < -0.4 is 4.90 Å². The van der Waals surface area contributed by atoms with Gasteiger partial charge < -0.3 is 4.90 Å². The van der Waals surface area contributed by atoms with E-state index < -0.39 is 0 Å². The fourth-order valence-electron chi connectivity index (χ4n) is 8.64. The summed E-state index contributed by atoms with van der Waals surface area (Å²) in [7, 11) is 0. The first-order valence-corrected chi connectivity index (χ1v) is 17.9. The lowest BCUT2D eigenvalue weighted by Crippen LogP contribution is -2.10. The van der Waals surface area contributed by atoms with Gasteiger partial charge in [0, 0.05) is 53.4 Å². The SMILES string of the molecule is c1ccc2c(c1)ccc1cc(N(c3ccc4c(c3)sc3ccccc34)c3ccc4c5c6ccccc6n6c7ccccc7n(c4c3)c56)ccc12. The zero-order valence-corrected chi connectivity index (χ0v) is 27.7. The van der Waals surface area contributed by atoms with E-state index in [1.807, 2.05) is 11.3 Å². The number of imidazole rings is 1. The fourth-order valence-corrected chi connectivity index (χ4v) is 9.78. The average Bonchev–Trinajstić information content (AvgIpc) is 3.90. The number of aromatic nitrogens is 2. The highest BCUT2D eigenvalue weighted by atomic mass is 32.1. The molecule has 4 heteroatoms. The number of nitrogens with zero attached hydrogens (tertiary/aromatic N) is 3. The number of hydrogen-bond acceptors (Lipinski definition) is 2. The van der Waals surface area contributed by atoms with Crippen LogP contribution in [0.4, 0.5) is 17.1 Å². The Bertz CT molecular complexity index is 3340. The predicted molar refractivity (Wildman–Crippen MR) is 215 cm³/mol. The van der Waals surface area contributed by atoms with E-state index in [1.165, 1.54) is 85.6 Å². The van der Waals surface area contributed by atoms with Crippen LogP contribution in [0.15, 0.2) is 164 Å². The maximum Gasteiger partial charge on any atom is 0.131 e. The van der Waals surface area contributed by atoms with Gasteiger partial charge in [0.25, 0.3) is 0 Å². The summed E-state index contributed by atoms with van der Waals surface area (Å²) in [6.07, 6.45) is 0. The molecule has 0 saturated carbocycles. The van der Waals surface area contributed by atoms with Crippen molar-refractivity contribution in [3.63, 3.8) is 0 Å². The molecule has 0 N–H and O–H groups in total. The highest BCUT2D eigenvalue weighted by Crippen LogP contribution is 2.45. The molecule has 0 bridgehead atoms. The van der Waals surface area contributed by atoms with Crippen molar-refractivity contribution in [1.82, 2.24) is 8.80 Å². The van der Waals surface area contributed by atoms with Crippen molar-refractivity contribution < 1.29 is 0 Å². The van der Waals surface area contributed by atoms with Crippen LogP contribution in [-0.4, -0.2) is 8.80 Å². The molecule has 0 spiro atoms. The Kier molecular flexibility index (Phi) is 5.12. The van der Waals surface area contributed by atoms with Crippen molar-refractivity contribution in [3.8, 4) is 0 Å². The van der Waals surface area contributed by atoms with Gasteiger partial charge in [-0.25, -0.2) is 0 Å². The summed E-state index contributed by atoms with van der Waals surface area (Å²) in [5.41, 5.74) is 9.60. The number of hydrogen-bond donors (Lipinski definition) is 0. The molecule has 0 amide bonds. The van der Waals surface area contributed by atoms with E-state index in [4.69, 9.17) is 0 Å². The normalized spacial score (nSPS) is 12.4. The molecule has 3 nitrogen and oxygen atoms in total. The largest absolute Gasteiger partial charge is 0.310 e. The maximum absolute atomic E-state index is 2.48. The zero-order valence-electron chi connectivity index (χ0n) is 26.8. The summed E-state index contributed by atoms with van der Waals surface area (Å²) < 4.78 is 7.53. The number of benzene rings is 8. The third-order valence-electron chi connectivity index (χ3n) is 10.8. The maximum atomic E-state index is 2.48. The lowest BCUT2D eigenvalue weighted by Gasteiger charge is -2.26. The van der Waals surface area contributed by atoms with Gasteiger partial charge in [0.15, 0.2) is 0 Å². The number of anilines is 3. The number of rotatable bonds is 3. The second-order valence-electron chi connectivity index (χ2n) is 13.4. The van der Waals surface area contributed by atoms with Crippen LogP contribution in [0.25, 0.3) is 85.6 Å². The van der Waals surface area contributed by atoms with Crippen LogP contribution >= 0.6 is 11.3 Å². The predicted octanol–water partition coefficient (Wildman–Crippen LogP) is 13.2. The molecule has 232 valence electrons. The Labute approximate surface area is 290 Å². The average molecular weight is 654 g/mol. The molecule has 0 unspecified atom stereocenters. The quantitative estimate of drug-likeness (QED) is 0.173. The van der Waals surface area contributed by atoms with E-state index in [9.17, 15) is 0 Å². The summed E-state index contributed by atoms with van der Waals surface area (Å²) in [6, 6.07) is 60.5. The van der Waals surface area contributed by atoms with Crippen molar-refractivity contribution >= 4 is 114 Å². The highest BCUT2D eigenvalue weighted by molar-refractivity contribution is 7.25. The van der Waals surface area contributed by atoms with Gasteiger partial charge in [0.2, 0.25) is 0 Å². The van der Waals surface area contributed by atoms with Gasteiger partial charge in [0.05, 0.1) is 22.1 Å². The smallest absolute Gasteiger partial charge is 0.131 e. The minimum Gasteiger partial charge on any atom is -0.310 e. The van der Waals surface area contributed by atoms with Gasteiger partial charge in [-0.1, -0.05) is 103 Å². The van der Waals surface area contributed by atoms with Crippen LogP contribution in [0.2, 0.25) is 0 Å². The molecule has 50 heavy (non-hydrogen) atoms. The minimum atomic E-state index is 1.13. The Balaban J connectivity index is 1.15. The Morgan fingerprint density at radius 2 is 0.900 bits per heavy atom. The minimum absolute atomic E-state index is 1.13. The van der Waals surface area contributed by atoms with Crippen LogP contribution in [-0.2, 0) is 0 Å². The van der Waals surface area contributed by atoms with Crippen LogP contribution in [0, 0.1) is 0 Å². The molecule has 0 aliphatic heterocycles. The van der Waals surface area contributed by atoms with Gasteiger partial charge in [-0.3, -0.25) is 8.80 Å². The summed E-state index contributed by atoms with van der Waals surface area (Å²) in [5, 5.41) is 11.6. The first-order valence-electron chi connectivity index (χ1n) is 17.1. The number of thiophene rings is 1. The second-order valence-corrected chi connectivity index (χ2v) is 14.5. The van der Waals surface area contributed by atoms with E-state index >= 15 is 0 Å². The van der Waals surface area contributed by atoms with Crippen molar-refractivity contribution in [2.45, 2.75) is 0 Å². The van der Waals surface area contributed by atoms with Crippen molar-refractivity contribution in [1.29, 1.82) is 0 Å². The molecule has 12 rings (SSSR count). The first-order chi connectivity index (χ1) is 24.8. The Morgan fingerprint density at radius 3 is 1.74 bits per heavy atom. The molecule has 8 aromatic carbocycles. The van der Waals surface area contributed by atoms with E-state index in [0.29, 0.717) is 0 Å².